The SMILES string of the molecule is CC.CO.O=C(OCc1ccccc1)N1CCC[C@H](C=Cc2ccccc2)C1.[HH].c1ccc(CC[C@H]2CCCNC2)cc1. The van der Waals surface area contributed by atoms with Crippen molar-refractivity contribution < 1.29 is 16.1 Å². The molecule has 3 aromatic rings. The van der Waals surface area contributed by atoms with Gasteiger partial charge >= 0.3 is 6.09 Å². The highest BCUT2D eigenvalue weighted by Crippen LogP contribution is 2.20. The normalized spacial score (nSPS) is 17.9. The Hall–Kier alpha value is -3.41. The molecule has 2 aliphatic heterocycles. The highest BCUT2D eigenvalue weighted by molar-refractivity contribution is 5.67. The second-order valence-electron chi connectivity index (χ2n) is 10.4. The third kappa shape index (κ3) is 14.0. The highest BCUT2D eigenvalue weighted by Gasteiger charge is 2.23. The summed E-state index contributed by atoms with van der Waals surface area (Å²) in [5.74, 6) is 1.30. The first-order valence-electron chi connectivity index (χ1n) is 15.6. The Morgan fingerprint density at radius 1 is 0.905 bits per heavy atom. The molecule has 0 bridgehead atoms. The molecule has 1 amide bonds. The van der Waals surface area contributed by atoms with Crippen LogP contribution in [0.3, 0.4) is 0 Å². The van der Waals surface area contributed by atoms with Gasteiger partial charge in [-0.15, -0.1) is 0 Å². The molecule has 2 heterocycles. The molecule has 0 saturated carbocycles. The lowest BCUT2D eigenvalue weighted by Gasteiger charge is -2.30. The van der Waals surface area contributed by atoms with Crippen LogP contribution < -0.4 is 5.32 Å². The number of hydrogen-bond acceptors (Lipinski definition) is 4. The molecule has 0 radical (unpaired) electrons. The minimum Gasteiger partial charge on any atom is -0.445 e. The Bertz CT molecular complexity index is 1090. The van der Waals surface area contributed by atoms with Crippen LogP contribution >= 0.6 is 0 Å². The van der Waals surface area contributed by atoms with Gasteiger partial charge in [0.25, 0.3) is 0 Å². The summed E-state index contributed by atoms with van der Waals surface area (Å²) >= 11 is 0. The third-order valence-corrected chi connectivity index (χ3v) is 7.36. The van der Waals surface area contributed by atoms with Crippen molar-refractivity contribution in [3.8, 4) is 0 Å². The molecular weight excluding hydrogens is 520 g/mol. The first-order chi connectivity index (χ1) is 20.8. The van der Waals surface area contributed by atoms with Gasteiger partial charge in [0.15, 0.2) is 0 Å². The van der Waals surface area contributed by atoms with Gasteiger partial charge in [-0.2, -0.15) is 0 Å². The number of nitrogens with zero attached hydrogens (tertiary/aromatic N) is 1. The summed E-state index contributed by atoms with van der Waals surface area (Å²) in [4.78, 5) is 14.1. The van der Waals surface area contributed by atoms with Crippen LogP contribution in [0.25, 0.3) is 6.08 Å². The lowest BCUT2D eigenvalue weighted by atomic mass is 9.93. The molecule has 2 N–H and O–H groups in total. The van der Waals surface area contributed by atoms with Gasteiger partial charge < -0.3 is 20.1 Å². The molecule has 230 valence electrons. The van der Waals surface area contributed by atoms with Crippen LogP contribution in [0.1, 0.15) is 64.1 Å². The zero-order valence-electron chi connectivity index (χ0n) is 26.0. The first-order valence-corrected chi connectivity index (χ1v) is 15.6. The van der Waals surface area contributed by atoms with E-state index < -0.39 is 0 Å². The molecule has 3 aromatic carbocycles. The maximum Gasteiger partial charge on any atom is 0.410 e. The van der Waals surface area contributed by atoms with Gasteiger partial charge in [0.1, 0.15) is 6.61 Å². The van der Waals surface area contributed by atoms with Gasteiger partial charge in [0.2, 0.25) is 0 Å². The zero-order valence-corrected chi connectivity index (χ0v) is 26.0. The number of amides is 1. The standard InChI is InChI=1S/C21H23NO2.C13H19N.C2H6.CH4O.H2/c23-21(24-17-20-10-5-2-6-11-20)22-15-7-12-19(16-22)14-13-18-8-3-1-4-9-18;1-2-5-12(6-3-1)8-9-13-7-4-10-14-11-13;2*1-2;/h1-6,8-11,13-14,19H,7,12,15-17H2;1-3,5-6,13-14H,4,7-11H2;1-2H3;2H,1H3;1H/t19-;13-;;;/m11.../s1. The molecule has 5 heteroatoms. The van der Waals surface area contributed by atoms with E-state index in [1.165, 1.54) is 49.9 Å². The van der Waals surface area contributed by atoms with E-state index in [1.54, 1.807) is 0 Å². The first kappa shape index (κ1) is 34.8. The van der Waals surface area contributed by atoms with Crippen molar-refractivity contribution in [1.82, 2.24) is 10.2 Å². The van der Waals surface area contributed by atoms with Crippen molar-refractivity contribution in [3.63, 3.8) is 0 Å². The molecule has 2 saturated heterocycles. The Kier molecular flexibility index (Phi) is 18.4. The average Bonchev–Trinajstić information content (AvgIpc) is 3.09. The summed E-state index contributed by atoms with van der Waals surface area (Å²) in [6.45, 7) is 8.30. The summed E-state index contributed by atoms with van der Waals surface area (Å²) in [6.07, 6.45) is 11.6. The van der Waals surface area contributed by atoms with Crippen LogP contribution in [0.5, 0.6) is 0 Å². The lowest BCUT2D eigenvalue weighted by Crippen LogP contribution is -2.39. The minimum atomic E-state index is -0.211. The summed E-state index contributed by atoms with van der Waals surface area (Å²) in [5, 5.41) is 10.5. The monoisotopic (exact) mass is 574 g/mol. The Morgan fingerprint density at radius 2 is 1.52 bits per heavy atom. The topological polar surface area (TPSA) is 61.8 Å². The molecule has 0 aromatic heterocycles. The predicted molar refractivity (Wildman–Crippen MR) is 178 cm³/mol. The fourth-order valence-corrected chi connectivity index (χ4v) is 5.14. The van der Waals surface area contributed by atoms with E-state index in [4.69, 9.17) is 9.84 Å². The van der Waals surface area contributed by atoms with Crippen molar-refractivity contribution in [1.29, 1.82) is 0 Å². The fourth-order valence-electron chi connectivity index (χ4n) is 5.14. The van der Waals surface area contributed by atoms with Crippen molar-refractivity contribution in [3.05, 3.63) is 114 Å². The number of benzene rings is 3. The van der Waals surface area contributed by atoms with Crippen LogP contribution in [0.4, 0.5) is 4.79 Å². The van der Waals surface area contributed by atoms with E-state index in [-0.39, 0.29) is 7.52 Å². The van der Waals surface area contributed by atoms with Crippen molar-refractivity contribution in [2.75, 3.05) is 33.3 Å². The summed E-state index contributed by atoms with van der Waals surface area (Å²) in [7, 11) is 1.00. The quantitative estimate of drug-likeness (QED) is 0.298. The van der Waals surface area contributed by atoms with Gasteiger partial charge in [-0.25, -0.2) is 4.79 Å². The van der Waals surface area contributed by atoms with Crippen LogP contribution in [0.15, 0.2) is 97.1 Å². The van der Waals surface area contributed by atoms with E-state index in [2.05, 4.69) is 59.9 Å². The van der Waals surface area contributed by atoms with E-state index in [0.717, 1.165) is 44.5 Å². The number of aliphatic hydroxyl groups is 1. The highest BCUT2D eigenvalue weighted by atomic mass is 16.6. The van der Waals surface area contributed by atoms with Crippen molar-refractivity contribution >= 4 is 12.2 Å². The van der Waals surface area contributed by atoms with Crippen LogP contribution in [-0.4, -0.2) is 49.4 Å². The smallest absolute Gasteiger partial charge is 0.410 e. The summed E-state index contributed by atoms with van der Waals surface area (Å²) in [6, 6.07) is 30.9. The molecule has 2 atom stereocenters. The Balaban J connectivity index is 0.000000416. The molecule has 2 aliphatic rings. The lowest BCUT2D eigenvalue weighted by molar-refractivity contribution is 0.0836. The van der Waals surface area contributed by atoms with Crippen LogP contribution in [-0.2, 0) is 17.8 Å². The molecule has 5 nitrogen and oxygen atoms in total. The largest absolute Gasteiger partial charge is 0.445 e. The van der Waals surface area contributed by atoms with Gasteiger partial charge in [0.05, 0.1) is 0 Å². The minimum absolute atomic E-state index is 0. The number of carbonyl (C=O) groups excluding carboxylic acids is 1. The number of piperidine rings is 2. The molecular formula is C37H54N2O3. The number of hydrogen-bond donors (Lipinski definition) is 2. The average molecular weight is 575 g/mol. The Morgan fingerprint density at radius 3 is 2.14 bits per heavy atom. The second-order valence-corrected chi connectivity index (χ2v) is 10.4. The number of carbonyl (C=O) groups is 1. The second kappa shape index (κ2) is 22.2. The number of likely N-dealkylation sites (tertiary alicyclic amines) is 1. The zero-order chi connectivity index (χ0) is 30.3. The maximum absolute atomic E-state index is 12.3. The fraction of sp³-hybridized carbons (Fsp3) is 0.432. The third-order valence-electron chi connectivity index (χ3n) is 7.36. The molecule has 0 unspecified atom stereocenters. The molecule has 0 aliphatic carbocycles. The molecule has 2 fully saturated rings. The number of aryl methyl sites for hydroxylation is 1. The molecule has 0 spiro atoms. The van der Waals surface area contributed by atoms with Crippen LogP contribution in [0, 0.1) is 11.8 Å². The van der Waals surface area contributed by atoms with E-state index in [9.17, 15) is 4.79 Å². The van der Waals surface area contributed by atoms with Gasteiger partial charge in [-0.1, -0.05) is 117 Å². The van der Waals surface area contributed by atoms with Gasteiger partial charge in [0, 0.05) is 21.6 Å². The number of aliphatic hydroxyl groups excluding tert-OH is 1. The maximum atomic E-state index is 12.3. The summed E-state index contributed by atoms with van der Waals surface area (Å²) in [5.41, 5.74) is 3.70. The van der Waals surface area contributed by atoms with E-state index >= 15 is 0 Å². The van der Waals surface area contributed by atoms with Crippen molar-refractivity contribution in [2.45, 2.75) is 59.0 Å². The summed E-state index contributed by atoms with van der Waals surface area (Å²) < 4.78 is 5.44. The number of ether oxygens (including phenoxy) is 1. The van der Waals surface area contributed by atoms with Crippen LogP contribution in [0.2, 0.25) is 0 Å². The molecule has 5 rings (SSSR count). The molecule has 42 heavy (non-hydrogen) atoms. The van der Waals surface area contributed by atoms with E-state index in [1.807, 2.05) is 67.3 Å². The number of rotatable bonds is 7. The van der Waals surface area contributed by atoms with Gasteiger partial charge in [-0.05, 0) is 80.1 Å². The van der Waals surface area contributed by atoms with Gasteiger partial charge in [-0.3, -0.25) is 0 Å². The van der Waals surface area contributed by atoms with E-state index in [0.29, 0.717) is 12.5 Å². The Labute approximate surface area is 256 Å². The predicted octanol–water partition coefficient (Wildman–Crippen LogP) is 8.25. The number of nitrogens with one attached hydrogen (secondary N) is 1. The van der Waals surface area contributed by atoms with Crippen molar-refractivity contribution in [2.24, 2.45) is 11.8 Å².